The summed E-state index contributed by atoms with van der Waals surface area (Å²) < 4.78 is 5.04. The van der Waals surface area contributed by atoms with Gasteiger partial charge < -0.3 is 9.40 Å². The normalized spacial score (nSPS) is 11.1. The van der Waals surface area contributed by atoms with Crippen molar-refractivity contribution in [1.29, 1.82) is 0 Å². The zero-order valence-corrected chi connectivity index (χ0v) is 11.8. The van der Waals surface area contributed by atoms with Crippen LogP contribution >= 0.6 is 11.8 Å². The molecule has 0 spiro atoms. The van der Waals surface area contributed by atoms with Crippen LogP contribution in [0.25, 0.3) is 11.1 Å². The van der Waals surface area contributed by atoms with Crippen LogP contribution in [0, 0.1) is 0 Å². The smallest absolute Gasteiger partial charge is 0.337 e. The molecule has 6 heteroatoms. The maximum atomic E-state index is 12.1. The molecule has 0 aromatic carbocycles. The molecular formula is C13H16N2O3S. The molecule has 2 aromatic heterocycles. The Bertz CT molecular complexity index is 690. The second-order valence-corrected chi connectivity index (χ2v) is 5.22. The van der Waals surface area contributed by atoms with Crippen molar-refractivity contribution in [3.8, 4) is 0 Å². The summed E-state index contributed by atoms with van der Waals surface area (Å²) in [4.78, 5) is 30.5. The molecule has 0 aliphatic heterocycles. The van der Waals surface area contributed by atoms with Crippen LogP contribution in [0.15, 0.2) is 20.1 Å². The number of fused-ring (bicyclic) bond motifs is 1. The fraction of sp³-hybridized carbons (Fsp3) is 0.462. The van der Waals surface area contributed by atoms with Gasteiger partial charge in [0.1, 0.15) is 11.2 Å². The van der Waals surface area contributed by atoms with E-state index < -0.39 is 5.63 Å². The van der Waals surface area contributed by atoms with Crippen LogP contribution in [0.2, 0.25) is 0 Å². The van der Waals surface area contributed by atoms with Gasteiger partial charge in [0.2, 0.25) is 5.71 Å². The highest BCUT2D eigenvalue weighted by Crippen LogP contribution is 2.13. The monoisotopic (exact) mass is 280 g/mol. The van der Waals surface area contributed by atoms with Gasteiger partial charge in [0.15, 0.2) is 0 Å². The van der Waals surface area contributed by atoms with Gasteiger partial charge in [-0.3, -0.25) is 4.79 Å². The van der Waals surface area contributed by atoms with E-state index in [1.807, 2.05) is 13.2 Å². The number of H-pyrrole nitrogens is 1. The fourth-order valence-corrected chi connectivity index (χ4v) is 2.40. The fourth-order valence-electron chi connectivity index (χ4n) is 1.96. The molecule has 0 saturated carbocycles. The Balaban J connectivity index is 2.57. The van der Waals surface area contributed by atoms with Gasteiger partial charge >= 0.3 is 5.63 Å². The highest BCUT2D eigenvalue weighted by atomic mass is 32.2. The second-order valence-electron chi connectivity index (χ2n) is 4.23. The molecule has 19 heavy (non-hydrogen) atoms. The molecular weight excluding hydrogens is 264 g/mol. The Morgan fingerprint density at radius 1 is 1.42 bits per heavy atom. The third-order valence-corrected chi connectivity index (χ3v) is 3.57. The third-order valence-electron chi connectivity index (χ3n) is 2.88. The Kier molecular flexibility index (Phi) is 4.42. The van der Waals surface area contributed by atoms with Gasteiger partial charge in [-0.15, -0.1) is 0 Å². The first kappa shape index (κ1) is 13.9. The highest BCUT2D eigenvalue weighted by Gasteiger charge is 2.11. The molecule has 2 heterocycles. The number of aryl methyl sites for hydroxylation is 2. The summed E-state index contributed by atoms with van der Waals surface area (Å²) in [6, 6.07) is 1.39. The summed E-state index contributed by atoms with van der Waals surface area (Å²) in [6.45, 7) is 1.88. The van der Waals surface area contributed by atoms with Crippen molar-refractivity contribution in [2.24, 2.45) is 0 Å². The van der Waals surface area contributed by atoms with Crippen LogP contribution in [-0.2, 0) is 12.8 Å². The van der Waals surface area contributed by atoms with Gasteiger partial charge in [0, 0.05) is 12.5 Å². The van der Waals surface area contributed by atoms with Crippen molar-refractivity contribution in [1.82, 2.24) is 9.97 Å². The minimum absolute atomic E-state index is 0.146. The van der Waals surface area contributed by atoms with Gasteiger partial charge in [-0.25, -0.2) is 4.79 Å². The molecule has 0 fully saturated rings. The standard InChI is InChI=1S/C13H16N2O3S/c1-3-9-14-12(17)11-8(5-4-6-19-2)7-10(16)18-13(11)15-9/h7H,3-6H2,1-2H3,(H,14,15,17). The van der Waals surface area contributed by atoms with Crippen molar-refractivity contribution in [3.05, 3.63) is 38.2 Å². The van der Waals surface area contributed by atoms with E-state index in [2.05, 4.69) is 9.97 Å². The van der Waals surface area contributed by atoms with E-state index in [1.54, 1.807) is 11.8 Å². The van der Waals surface area contributed by atoms with Gasteiger partial charge in [-0.05, 0) is 30.4 Å². The lowest BCUT2D eigenvalue weighted by molar-refractivity contribution is 0.543. The number of nitrogens with one attached hydrogen (secondary N) is 1. The Morgan fingerprint density at radius 3 is 2.89 bits per heavy atom. The molecule has 5 nitrogen and oxygen atoms in total. The molecule has 0 unspecified atom stereocenters. The molecule has 2 aromatic rings. The van der Waals surface area contributed by atoms with Crippen LogP contribution in [0.1, 0.15) is 24.7 Å². The number of thioether (sulfide) groups is 1. The predicted octanol–water partition coefficient (Wildman–Crippen LogP) is 1.73. The highest BCUT2D eigenvalue weighted by molar-refractivity contribution is 7.98. The minimum Gasteiger partial charge on any atom is -0.403 e. The number of aromatic nitrogens is 2. The summed E-state index contributed by atoms with van der Waals surface area (Å²) in [7, 11) is 0. The lowest BCUT2D eigenvalue weighted by Crippen LogP contribution is -2.16. The number of nitrogens with zero attached hydrogens (tertiary/aromatic N) is 1. The number of rotatable bonds is 5. The largest absolute Gasteiger partial charge is 0.403 e. The van der Waals surface area contributed by atoms with Crippen molar-refractivity contribution >= 4 is 22.9 Å². The van der Waals surface area contributed by atoms with E-state index in [1.165, 1.54) is 6.07 Å². The molecule has 0 radical (unpaired) electrons. The van der Waals surface area contributed by atoms with Crippen molar-refractivity contribution in [2.45, 2.75) is 26.2 Å². The first-order chi connectivity index (χ1) is 9.15. The minimum atomic E-state index is -0.452. The molecule has 0 aliphatic carbocycles. The van der Waals surface area contributed by atoms with E-state index in [4.69, 9.17) is 4.42 Å². The zero-order valence-electron chi connectivity index (χ0n) is 11.0. The maximum absolute atomic E-state index is 12.1. The van der Waals surface area contributed by atoms with Gasteiger partial charge in [0.25, 0.3) is 5.56 Å². The van der Waals surface area contributed by atoms with Crippen LogP contribution < -0.4 is 11.2 Å². The van der Waals surface area contributed by atoms with E-state index in [9.17, 15) is 9.59 Å². The molecule has 0 bridgehead atoms. The first-order valence-electron chi connectivity index (χ1n) is 6.20. The Labute approximate surface area is 114 Å². The average Bonchev–Trinajstić information content (AvgIpc) is 2.37. The summed E-state index contributed by atoms with van der Waals surface area (Å²) in [5, 5.41) is 0.401. The van der Waals surface area contributed by atoms with Crippen LogP contribution in [0.3, 0.4) is 0 Å². The first-order valence-corrected chi connectivity index (χ1v) is 7.60. The van der Waals surface area contributed by atoms with Crippen LogP contribution in [0.4, 0.5) is 0 Å². The summed E-state index contributed by atoms with van der Waals surface area (Å²) in [5.41, 5.74) is 0.181. The molecule has 1 N–H and O–H groups in total. The average molecular weight is 280 g/mol. The molecule has 0 atom stereocenters. The SMILES string of the molecule is CCc1nc2oc(=O)cc(CCCSC)c2c(=O)[nH]1. The Hall–Kier alpha value is -1.56. The lowest BCUT2D eigenvalue weighted by atomic mass is 10.1. The van der Waals surface area contributed by atoms with Crippen molar-refractivity contribution in [3.63, 3.8) is 0 Å². The topological polar surface area (TPSA) is 76.0 Å². The molecule has 0 aliphatic rings. The van der Waals surface area contributed by atoms with Gasteiger partial charge in [0.05, 0.1) is 0 Å². The second kappa shape index (κ2) is 6.06. The van der Waals surface area contributed by atoms with Crippen molar-refractivity contribution in [2.75, 3.05) is 12.0 Å². The third kappa shape index (κ3) is 3.07. The number of hydrogen-bond acceptors (Lipinski definition) is 5. The van der Waals surface area contributed by atoms with Gasteiger partial charge in [-0.1, -0.05) is 6.92 Å². The number of aromatic amines is 1. The summed E-state index contributed by atoms with van der Waals surface area (Å²) >= 11 is 1.74. The zero-order chi connectivity index (χ0) is 13.8. The molecule has 102 valence electrons. The lowest BCUT2D eigenvalue weighted by Gasteiger charge is -2.04. The number of hydrogen-bond donors (Lipinski definition) is 1. The van der Waals surface area contributed by atoms with E-state index >= 15 is 0 Å². The molecule has 0 amide bonds. The summed E-state index contributed by atoms with van der Waals surface area (Å²) in [6.07, 6.45) is 4.21. The molecule has 0 saturated heterocycles. The van der Waals surface area contributed by atoms with Gasteiger partial charge in [-0.2, -0.15) is 16.7 Å². The molecule has 2 rings (SSSR count). The maximum Gasteiger partial charge on any atom is 0.337 e. The predicted molar refractivity (Wildman–Crippen MR) is 77.0 cm³/mol. The van der Waals surface area contributed by atoms with Crippen molar-refractivity contribution < 1.29 is 4.42 Å². The Morgan fingerprint density at radius 2 is 2.21 bits per heavy atom. The summed E-state index contributed by atoms with van der Waals surface area (Å²) in [5.74, 6) is 1.52. The van der Waals surface area contributed by atoms with E-state index in [-0.39, 0.29) is 11.3 Å². The van der Waals surface area contributed by atoms with Crippen LogP contribution in [-0.4, -0.2) is 22.0 Å². The van der Waals surface area contributed by atoms with E-state index in [0.717, 1.165) is 17.7 Å². The van der Waals surface area contributed by atoms with Crippen LogP contribution in [0.5, 0.6) is 0 Å². The van der Waals surface area contributed by atoms with E-state index in [0.29, 0.717) is 24.1 Å². The quantitative estimate of drug-likeness (QED) is 0.844.